The minimum Gasteiger partial charge on any atom is -0.480 e. The molecule has 1 aromatic carbocycles. The first-order valence-corrected chi connectivity index (χ1v) is 6.62. The number of aliphatic carboxylic acids is 1. The molecule has 0 fully saturated rings. The fourth-order valence-electron chi connectivity index (χ4n) is 1.80. The van der Waals surface area contributed by atoms with E-state index >= 15 is 0 Å². The van der Waals surface area contributed by atoms with E-state index in [0.29, 0.717) is 12.0 Å². The molecule has 0 radical (unpaired) electrons. The first kappa shape index (κ1) is 15.2. The van der Waals surface area contributed by atoms with Crippen molar-refractivity contribution in [3.8, 4) is 0 Å². The lowest BCUT2D eigenvalue weighted by Crippen LogP contribution is -2.45. The Morgan fingerprint density at radius 2 is 1.79 bits per heavy atom. The van der Waals surface area contributed by atoms with E-state index < -0.39 is 12.0 Å². The lowest BCUT2D eigenvalue weighted by molar-refractivity contribution is -0.140. The number of hydrogen-bond donors (Lipinski definition) is 2. The summed E-state index contributed by atoms with van der Waals surface area (Å²) in [6.07, 6.45) is 1.61. The quantitative estimate of drug-likeness (QED) is 0.828. The fourth-order valence-corrected chi connectivity index (χ4v) is 1.80. The predicted molar refractivity (Wildman–Crippen MR) is 74.2 cm³/mol. The second-order valence-corrected chi connectivity index (χ2v) is 4.73. The molecule has 0 aliphatic heterocycles. The Balaban J connectivity index is 2.78. The maximum absolute atomic E-state index is 12.0. The first-order chi connectivity index (χ1) is 8.99. The average Bonchev–Trinajstić information content (AvgIpc) is 2.43. The number of amides is 1. The van der Waals surface area contributed by atoms with Gasteiger partial charge in [-0.2, -0.15) is 0 Å². The van der Waals surface area contributed by atoms with E-state index in [0.717, 1.165) is 12.0 Å². The maximum atomic E-state index is 12.0. The zero-order chi connectivity index (χ0) is 14.4. The van der Waals surface area contributed by atoms with E-state index in [1.54, 1.807) is 12.1 Å². The number of carbonyl (C=O) groups is 2. The molecular formula is C15H21NO3. The van der Waals surface area contributed by atoms with Crippen molar-refractivity contribution >= 4 is 11.9 Å². The minimum atomic E-state index is -0.993. The molecule has 2 atom stereocenters. The van der Waals surface area contributed by atoms with Gasteiger partial charge in [-0.05, 0) is 30.0 Å². The fraction of sp³-hybridized carbons (Fsp3) is 0.467. The topological polar surface area (TPSA) is 66.4 Å². The molecule has 0 saturated carbocycles. The molecule has 0 unspecified atom stereocenters. The van der Waals surface area contributed by atoms with Crippen molar-refractivity contribution in [3.05, 3.63) is 35.4 Å². The molecule has 4 heteroatoms. The van der Waals surface area contributed by atoms with Gasteiger partial charge in [0.15, 0.2) is 0 Å². The van der Waals surface area contributed by atoms with Gasteiger partial charge >= 0.3 is 5.97 Å². The lowest BCUT2D eigenvalue weighted by atomic mass is 9.99. The van der Waals surface area contributed by atoms with Crippen molar-refractivity contribution in [2.24, 2.45) is 5.92 Å². The van der Waals surface area contributed by atoms with Crippen molar-refractivity contribution in [3.63, 3.8) is 0 Å². The van der Waals surface area contributed by atoms with Gasteiger partial charge in [-0.1, -0.05) is 39.3 Å². The molecule has 1 aromatic rings. The van der Waals surface area contributed by atoms with Gasteiger partial charge in [0.2, 0.25) is 0 Å². The van der Waals surface area contributed by atoms with Gasteiger partial charge in [-0.25, -0.2) is 4.79 Å². The van der Waals surface area contributed by atoms with Crippen molar-refractivity contribution in [1.29, 1.82) is 0 Å². The highest BCUT2D eigenvalue weighted by molar-refractivity contribution is 5.96. The van der Waals surface area contributed by atoms with Gasteiger partial charge in [0, 0.05) is 5.56 Å². The van der Waals surface area contributed by atoms with E-state index in [1.165, 1.54) is 0 Å². The molecule has 0 spiro atoms. The van der Waals surface area contributed by atoms with Crippen LogP contribution in [0.25, 0.3) is 0 Å². The minimum absolute atomic E-state index is 0.101. The molecule has 4 nitrogen and oxygen atoms in total. The number of carboxylic acid groups (broad SMARTS) is 1. The van der Waals surface area contributed by atoms with Crippen LogP contribution in [0.3, 0.4) is 0 Å². The highest BCUT2D eigenvalue weighted by atomic mass is 16.4. The zero-order valence-electron chi connectivity index (χ0n) is 11.6. The summed E-state index contributed by atoms with van der Waals surface area (Å²) in [5, 5.41) is 11.7. The average molecular weight is 263 g/mol. The standard InChI is InChI=1S/C15H21NO3/c1-4-10(3)13(15(18)19)16-14(17)12-8-6-11(5-2)7-9-12/h6-10,13H,4-5H2,1-3H3,(H,16,17)(H,18,19)/t10-,13-/m0/s1. The summed E-state index contributed by atoms with van der Waals surface area (Å²) >= 11 is 0. The number of hydrogen-bond acceptors (Lipinski definition) is 2. The molecule has 0 saturated heterocycles. The summed E-state index contributed by atoms with van der Waals surface area (Å²) in [7, 11) is 0. The Bertz CT molecular complexity index is 439. The van der Waals surface area contributed by atoms with E-state index in [1.807, 2.05) is 32.9 Å². The van der Waals surface area contributed by atoms with E-state index in [2.05, 4.69) is 5.32 Å². The molecule has 0 heterocycles. The molecule has 0 aromatic heterocycles. The number of nitrogens with one attached hydrogen (secondary N) is 1. The molecule has 19 heavy (non-hydrogen) atoms. The van der Waals surface area contributed by atoms with E-state index in [9.17, 15) is 9.59 Å². The summed E-state index contributed by atoms with van der Waals surface area (Å²) in [6.45, 7) is 5.76. The third kappa shape index (κ3) is 4.09. The summed E-state index contributed by atoms with van der Waals surface area (Å²) in [5.74, 6) is -1.43. The number of benzene rings is 1. The van der Waals surface area contributed by atoms with Gasteiger partial charge in [0.25, 0.3) is 5.91 Å². The number of carbonyl (C=O) groups excluding carboxylic acids is 1. The Morgan fingerprint density at radius 1 is 1.21 bits per heavy atom. The van der Waals surface area contributed by atoms with Crippen LogP contribution in [0.4, 0.5) is 0 Å². The molecule has 104 valence electrons. The molecule has 0 aliphatic carbocycles. The summed E-state index contributed by atoms with van der Waals surface area (Å²) < 4.78 is 0. The summed E-state index contributed by atoms with van der Waals surface area (Å²) in [5.41, 5.74) is 1.64. The van der Waals surface area contributed by atoms with E-state index in [4.69, 9.17) is 5.11 Å². The van der Waals surface area contributed by atoms with Crippen molar-refractivity contribution in [1.82, 2.24) is 5.32 Å². The molecule has 1 amide bonds. The van der Waals surface area contributed by atoms with Gasteiger partial charge in [-0.15, -0.1) is 0 Å². The van der Waals surface area contributed by atoms with Crippen LogP contribution in [-0.2, 0) is 11.2 Å². The van der Waals surface area contributed by atoms with E-state index in [-0.39, 0.29) is 11.8 Å². The molecule has 1 rings (SSSR count). The second-order valence-electron chi connectivity index (χ2n) is 4.73. The van der Waals surface area contributed by atoms with Crippen LogP contribution in [0, 0.1) is 5.92 Å². The summed E-state index contributed by atoms with van der Waals surface area (Å²) in [6, 6.07) is 6.37. The third-order valence-electron chi connectivity index (χ3n) is 3.39. The Labute approximate surface area is 113 Å². The van der Waals surface area contributed by atoms with Crippen LogP contribution in [0.1, 0.15) is 43.1 Å². The van der Waals surface area contributed by atoms with Crippen LogP contribution >= 0.6 is 0 Å². The van der Waals surface area contributed by atoms with Gasteiger partial charge in [0.05, 0.1) is 0 Å². The highest BCUT2D eigenvalue weighted by Crippen LogP contribution is 2.10. The molecule has 0 aliphatic rings. The SMILES string of the molecule is CCc1ccc(C(=O)N[C@H](C(=O)O)[C@@H](C)CC)cc1. The van der Waals surface area contributed by atoms with Crippen LogP contribution in [0.2, 0.25) is 0 Å². The third-order valence-corrected chi connectivity index (χ3v) is 3.39. The smallest absolute Gasteiger partial charge is 0.326 e. The van der Waals surface area contributed by atoms with Crippen LogP contribution in [0.5, 0.6) is 0 Å². The van der Waals surface area contributed by atoms with Gasteiger partial charge in [0.1, 0.15) is 6.04 Å². The van der Waals surface area contributed by atoms with Crippen molar-refractivity contribution in [2.45, 2.75) is 39.7 Å². The number of carboxylic acids is 1. The van der Waals surface area contributed by atoms with Crippen molar-refractivity contribution < 1.29 is 14.7 Å². The molecule has 2 N–H and O–H groups in total. The normalized spacial score (nSPS) is 13.6. The molecule has 0 bridgehead atoms. The van der Waals surface area contributed by atoms with Crippen LogP contribution in [0.15, 0.2) is 24.3 Å². The highest BCUT2D eigenvalue weighted by Gasteiger charge is 2.25. The largest absolute Gasteiger partial charge is 0.480 e. The second kappa shape index (κ2) is 6.92. The maximum Gasteiger partial charge on any atom is 0.326 e. The lowest BCUT2D eigenvalue weighted by Gasteiger charge is -2.20. The summed E-state index contributed by atoms with van der Waals surface area (Å²) in [4.78, 5) is 23.2. The van der Waals surface area contributed by atoms with Crippen molar-refractivity contribution in [2.75, 3.05) is 0 Å². The number of rotatable bonds is 6. The van der Waals surface area contributed by atoms with Crippen LogP contribution in [-0.4, -0.2) is 23.0 Å². The van der Waals surface area contributed by atoms with Crippen LogP contribution < -0.4 is 5.32 Å². The predicted octanol–water partition coefficient (Wildman–Crippen LogP) is 2.48. The Hall–Kier alpha value is -1.84. The first-order valence-electron chi connectivity index (χ1n) is 6.62. The Morgan fingerprint density at radius 3 is 2.21 bits per heavy atom. The van der Waals surface area contributed by atoms with Gasteiger partial charge in [-0.3, -0.25) is 4.79 Å². The number of aryl methyl sites for hydroxylation is 1. The zero-order valence-corrected chi connectivity index (χ0v) is 11.6. The molecular weight excluding hydrogens is 242 g/mol. The Kier molecular flexibility index (Phi) is 5.55. The monoisotopic (exact) mass is 263 g/mol. The van der Waals surface area contributed by atoms with Gasteiger partial charge < -0.3 is 10.4 Å².